The van der Waals surface area contributed by atoms with Crippen molar-refractivity contribution in [2.45, 2.75) is 45.5 Å². The average molecular weight is 550 g/mol. The van der Waals surface area contributed by atoms with Crippen LogP contribution in [0.4, 0.5) is 24.5 Å². The topological polar surface area (TPSA) is 106 Å². The van der Waals surface area contributed by atoms with E-state index in [1.807, 2.05) is 25.1 Å². The number of nitrogens with two attached hydrogens (primary N) is 2. The minimum atomic E-state index is -4.81. The summed E-state index contributed by atoms with van der Waals surface area (Å²) in [5.74, 6) is -0.171. The lowest BCUT2D eigenvalue weighted by Crippen LogP contribution is -2.27. The zero-order valence-electron chi connectivity index (χ0n) is 22.6. The fourth-order valence-corrected chi connectivity index (χ4v) is 4.42. The van der Waals surface area contributed by atoms with E-state index in [1.54, 1.807) is 30.3 Å². The Morgan fingerprint density at radius 1 is 1.07 bits per heavy atom. The number of carbonyl (C=O) groups excluding carboxylic acids is 1. The van der Waals surface area contributed by atoms with Crippen LogP contribution in [0.1, 0.15) is 46.7 Å². The molecule has 1 atom stereocenters. The van der Waals surface area contributed by atoms with E-state index in [0.717, 1.165) is 28.8 Å². The molecule has 0 bridgehead atoms. The van der Waals surface area contributed by atoms with Crippen molar-refractivity contribution in [2.24, 2.45) is 22.4 Å². The fourth-order valence-electron chi connectivity index (χ4n) is 4.42. The monoisotopic (exact) mass is 549 g/mol. The van der Waals surface area contributed by atoms with Gasteiger partial charge >= 0.3 is 6.18 Å². The number of allylic oxidation sites excluding steroid dienone is 1. The summed E-state index contributed by atoms with van der Waals surface area (Å²) in [6, 6.07) is 20.1. The van der Waals surface area contributed by atoms with Gasteiger partial charge in [-0.05, 0) is 91.7 Å². The summed E-state index contributed by atoms with van der Waals surface area (Å²) in [6.45, 7) is 5.20. The number of benzene rings is 3. The maximum Gasteiger partial charge on any atom is 0.430 e. The SMILES string of the molecule is Cc1ccc(C(NCC2CC2)c2cccc(NC(=O)C(C=C(N)C(F)(F)F)=Nc3cccc(CN)c3)c2)c(C)c1. The first-order valence-electron chi connectivity index (χ1n) is 13.2. The number of carbonyl (C=O) groups is 1. The van der Waals surface area contributed by atoms with Crippen LogP contribution in [0.15, 0.2) is 83.5 Å². The normalized spacial score (nSPS) is 15.2. The molecule has 1 amide bonds. The van der Waals surface area contributed by atoms with Gasteiger partial charge in [0.1, 0.15) is 11.4 Å². The van der Waals surface area contributed by atoms with Crippen molar-refractivity contribution in [2.75, 3.05) is 11.9 Å². The van der Waals surface area contributed by atoms with Crippen LogP contribution in [0.2, 0.25) is 0 Å². The maximum atomic E-state index is 13.3. The molecule has 40 heavy (non-hydrogen) atoms. The molecule has 1 aliphatic carbocycles. The minimum Gasteiger partial charge on any atom is -0.395 e. The highest BCUT2D eigenvalue weighted by atomic mass is 19.4. The van der Waals surface area contributed by atoms with Crippen molar-refractivity contribution in [3.63, 3.8) is 0 Å². The highest BCUT2D eigenvalue weighted by Crippen LogP contribution is 2.32. The molecule has 1 aliphatic rings. The van der Waals surface area contributed by atoms with Crippen LogP contribution in [0.25, 0.3) is 0 Å². The van der Waals surface area contributed by atoms with Crippen LogP contribution in [0.5, 0.6) is 0 Å². The molecule has 6 N–H and O–H groups in total. The van der Waals surface area contributed by atoms with Crippen LogP contribution in [-0.2, 0) is 11.3 Å². The number of nitrogens with one attached hydrogen (secondary N) is 2. The van der Waals surface area contributed by atoms with E-state index in [4.69, 9.17) is 11.5 Å². The number of alkyl halides is 3. The van der Waals surface area contributed by atoms with Crippen molar-refractivity contribution in [1.29, 1.82) is 0 Å². The van der Waals surface area contributed by atoms with Crippen molar-refractivity contribution in [3.8, 4) is 0 Å². The standard InChI is InChI=1S/C31H34F3N5O/c1-19-9-12-26(20(2)13-19)29(37-18-21-10-11-21)23-6-4-8-25(15-23)39-30(40)27(16-28(36)31(32,33)34)38-24-7-3-5-22(14-24)17-35/h3-9,12-16,21,29,37H,10-11,17-18,35-36H2,1-2H3,(H,39,40). The van der Waals surface area contributed by atoms with E-state index >= 15 is 0 Å². The van der Waals surface area contributed by atoms with E-state index < -0.39 is 23.5 Å². The number of aliphatic imine (C=N–C) groups is 1. The van der Waals surface area contributed by atoms with E-state index in [0.29, 0.717) is 17.7 Å². The summed E-state index contributed by atoms with van der Waals surface area (Å²) in [5.41, 5.74) is 14.8. The number of halogens is 3. The number of aryl methyl sites for hydroxylation is 2. The Balaban J connectivity index is 1.65. The molecule has 0 spiro atoms. The predicted octanol–water partition coefficient (Wildman–Crippen LogP) is 5.97. The second kappa shape index (κ2) is 12.5. The molecule has 1 fully saturated rings. The van der Waals surface area contributed by atoms with Gasteiger partial charge in [-0.15, -0.1) is 0 Å². The summed E-state index contributed by atoms with van der Waals surface area (Å²) < 4.78 is 39.7. The van der Waals surface area contributed by atoms with Gasteiger partial charge in [-0.25, -0.2) is 4.99 Å². The third-order valence-corrected chi connectivity index (χ3v) is 6.77. The molecule has 0 radical (unpaired) electrons. The minimum absolute atomic E-state index is 0.119. The molecule has 0 aliphatic heterocycles. The summed E-state index contributed by atoms with van der Waals surface area (Å²) in [7, 11) is 0. The quantitative estimate of drug-likeness (QED) is 0.234. The molecular weight excluding hydrogens is 515 g/mol. The molecule has 0 saturated heterocycles. The summed E-state index contributed by atoms with van der Waals surface area (Å²) in [5, 5.41) is 6.37. The zero-order valence-corrected chi connectivity index (χ0v) is 22.6. The van der Waals surface area contributed by atoms with Crippen molar-refractivity contribution in [3.05, 3.63) is 106 Å². The van der Waals surface area contributed by atoms with Gasteiger partial charge in [-0.3, -0.25) is 4.79 Å². The Morgan fingerprint density at radius 3 is 2.50 bits per heavy atom. The Labute approximate surface area is 232 Å². The molecule has 3 aromatic carbocycles. The molecule has 0 aromatic heterocycles. The van der Waals surface area contributed by atoms with Crippen LogP contribution >= 0.6 is 0 Å². The molecule has 9 heteroatoms. The highest BCUT2D eigenvalue weighted by Gasteiger charge is 2.32. The first kappa shape index (κ1) is 29.0. The van der Waals surface area contributed by atoms with Crippen LogP contribution < -0.4 is 22.1 Å². The summed E-state index contributed by atoms with van der Waals surface area (Å²) in [6.07, 6.45) is -1.86. The van der Waals surface area contributed by atoms with Gasteiger partial charge in [0.05, 0.1) is 11.7 Å². The molecular formula is C31H34F3N5O. The van der Waals surface area contributed by atoms with Gasteiger partial charge < -0.3 is 22.1 Å². The molecule has 1 unspecified atom stereocenters. The van der Waals surface area contributed by atoms with E-state index in [1.165, 1.54) is 18.4 Å². The third kappa shape index (κ3) is 7.80. The Bertz CT molecular complexity index is 1430. The number of rotatable bonds is 10. The van der Waals surface area contributed by atoms with Gasteiger partial charge in [-0.1, -0.05) is 48.0 Å². The van der Waals surface area contributed by atoms with Crippen LogP contribution in [-0.4, -0.2) is 24.3 Å². The van der Waals surface area contributed by atoms with E-state index in [-0.39, 0.29) is 18.3 Å². The lowest BCUT2D eigenvalue weighted by molar-refractivity contribution is -0.110. The molecule has 1 saturated carbocycles. The van der Waals surface area contributed by atoms with Gasteiger partial charge in [0.25, 0.3) is 5.91 Å². The largest absolute Gasteiger partial charge is 0.430 e. The van der Waals surface area contributed by atoms with Gasteiger partial charge in [-0.2, -0.15) is 13.2 Å². The average Bonchev–Trinajstić information content (AvgIpc) is 3.74. The van der Waals surface area contributed by atoms with Gasteiger partial charge in [0.15, 0.2) is 0 Å². The van der Waals surface area contributed by atoms with Gasteiger partial charge in [0.2, 0.25) is 0 Å². The Morgan fingerprint density at radius 2 is 1.82 bits per heavy atom. The number of hydrogen-bond acceptors (Lipinski definition) is 5. The molecule has 3 aromatic rings. The second-order valence-corrected chi connectivity index (χ2v) is 10.2. The van der Waals surface area contributed by atoms with Crippen molar-refractivity contribution in [1.82, 2.24) is 5.32 Å². The van der Waals surface area contributed by atoms with Crippen LogP contribution in [0, 0.1) is 19.8 Å². The Hall–Kier alpha value is -3.95. The number of anilines is 1. The summed E-state index contributed by atoms with van der Waals surface area (Å²) >= 11 is 0. The smallest absolute Gasteiger partial charge is 0.395 e. The second-order valence-electron chi connectivity index (χ2n) is 10.2. The number of amides is 1. The first-order chi connectivity index (χ1) is 19.0. The zero-order chi connectivity index (χ0) is 28.9. The lowest BCUT2D eigenvalue weighted by Gasteiger charge is -2.23. The maximum absolute atomic E-state index is 13.3. The summed E-state index contributed by atoms with van der Waals surface area (Å²) in [4.78, 5) is 17.4. The first-order valence-corrected chi connectivity index (χ1v) is 13.2. The number of hydrogen-bond donors (Lipinski definition) is 4. The van der Waals surface area contributed by atoms with E-state index in [9.17, 15) is 18.0 Å². The van der Waals surface area contributed by atoms with Crippen molar-refractivity contribution >= 4 is 23.0 Å². The Kier molecular flexibility index (Phi) is 9.07. The lowest BCUT2D eigenvalue weighted by atomic mass is 9.93. The predicted molar refractivity (Wildman–Crippen MR) is 153 cm³/mol. The number of nitrogens with zero attached hydrogens (tertiary/aromatic N) is 1. The van der Waals surface area contributed by atoms with Crippen LogP contribution in [0.3, 0.4) is 0 Å². The highest BCUT2D eigenvalue weighted by molar-refractivity contribution is 6.47. The van der Waals surface area contributed by atoms with Crippen molar-refractivity contribution < 1.29 is 18.0 Å². The van der Waals surface area contributed by atoms with Gasteiger partial charge in [0, 0.05) is 12.2 Å². The molecule has 6 nitrogen and oxygen atoms in total. The third-order valence-electron chi connectivity index (χ3n) is 6.77. The molecule has 0 heterocycles. The fraction of sp³-hybridized carbons (Fsp3) is 0.290. The molecule has 210 valence electrons. The van der Waals surface area contributed by atoms with E-state index in [2.05, 4.69) is 40.7 Å². The molecule has 4 rings (SSSR count).